The lowest BCUT2D eigenvalue weighted by Crippen LogP contribution is -3.11. The van der Waals surface area contributed by atoms with Crippen LogP contribution in [0.1, 0.15) is 39.5 Å². The Hall–Kier alpha value is -1.14. The summed E-state index contributed by atoms with van der Waals surface area (Å²) in [6, 6.07) is 0. The van der Waals surface area contributed by atoms with Gasteiger partial charge in [-0.25, -0.2) is 9.59 Å². The molecule has 2 N–H and O–H groups in total. The van der Waals surface area contributed by atoms with Gasteiger partial charge >= 0.3 is 11.9 Å². The minimum absolute atomic E-state index is 0.150. The molecule has 0 aromatic heterocycles. The summed E-state index contributed by atoms with van der Waals surface area (Å²) < 4.78 is 10.8. The molecule has 2 heterocycles. The third-order valence-corrected chi connectivity index (χ3v) is 4.66. The molecule has 0 bridgehead atoms. The molecule has 0 saturated carbocycles. The zero-order chi connectivity index (χ0) is 16.7. The summed E-state index contributed by atoms with van der Waals surface area (Å²) in [5, 5.41) is 0. The zero-order valence-corrected chi connectivity index (χ0v) is 14.6. The van der Waals surface area contributed by atoms with Crippen molar-refractivity contribution in [2.45, 2.75) is 39.5 Å². The largest absolute Gasteiger partial charge is 0.461 e. The number of carbonyl (C=O) groups is 2. The standard InChI is InChI=1S/C17H30N2O4/c1-17(2,13-22-15(20)11-18-7-3-4-8-18)14-23-16(21)12-19-9-5-6-10-19/h3-14H2,1-2H3/p+2. The molecule has 0 amide bonds. The van der Waals surface area contributed by atoms with Crippen LogP contribution in [0.25, 0.3) is 0 Å². The lowest BCUT2D eigenvalue weighted by atomic mass is 9.96. The van der Waals surface area contributed by atoms with E-state index in [4.69, 9.17) is 9.47 Å². The van der Waals surface area contributed by atoms with E-state index in [1.165, 1.54) is 35.5 Å². The maximum absolute atomic E-state index is 11.9. The number of esters is 2. The van der Waals surface area contributed by atoms with E-state index in [1.807, 2.05) is 13.8 Å². The Morgan fingerprint density at radius 2 is 1.13 bits per heavy atom. The molecule has 2 rings (SSSR count). The quantitative estimate of drug-likeness (QED) is 0.530. The lowest BCUT2D eigenvalue weighted by Gasteiger charge is -2.24. The second-order valence-electron chi connectivity index (χ2n) is 7.75. The van der Waals surface area contributed by atoms with Crippen LogP contribution in [0.4, 0.5) is 0 Å². The first kappa shape index (κ1) is 18.2. The maximum Gasteiger partial charge on any atom is 0.361 e. The van der Waals surface area contributed by atoms with E-state index >= 15 is 0 Å². The van der Waals surface area contributed by atoms with Crippen LogP contribution in [0.3, 0.4) is 0 Å². The van der Waals surface area contributed by atoms with Crippen LogP contribution >= 0.6 is 0 Å². The van der Waals surface area contributed by atoms with Gasteiger partial charge in [0.15, 0.2) is 13.1 Å². The molecule has 2 fully saturated rings. The Labute approximate surface area is 139 Å². The van der Waals surface area contributed by atoms with Gasteiger partial charge in [-0.05, 0) is 0 Å². The van der Waals surface area contributed by atoms with Crippen LogP contribution in [0, 0.1) is 5.41 Å². The summed E-state index contributed by atoms with van der Waals surface area (Å²) in [6.45, 7) is 9.67. The van der Waals surface area contributed by atoms with E-state index in [9.17, 15) is 9.59 Å². The number of likely N-dealkylation sites (tertiary alicyclic amines) is 2. The maximum atomic E-state index is 11.9. The average molecular weight is 328 g/mol. The Kier molecular flexibility index (Phi) is 6.84. The highest BCUT2D eigenvalue weighted by Gasteiger charge is 2.26. The predicted octanol–water partition coefficient (Wildman–Crippen LogP) is -1.54. The van der Waals surface area contributed by atoms with E-state index in [2.05, 4.69) is 0 Å². The molecule has 23 heavy (non-hydrogen) atoms. The molecule has 0 radical (unpaired) electrons. The smallest absolute Gasteiger partial charge is 0.361 e. The molecule has 0 atom stereocenters. The monoisotopic (exact) mass is 328 g/mol. The highest BCUT2D eigenvalue weighted by molar-refractivity contribution is 5.70. The van der Waals surface area contributed by atoms with Crippen molar-refractivity contribution in [3.63, 3.8) is 0 Å². The molecular weight excluding hydrogens is 296 g/mol. The molecule has 0 spiro atoms. The van der Waals surface area contributed by atoms with Gasteiger partial charge < -0.3 is 19.3 Å². The number of hydrogen-bond donors (Lipinski definition) is 2. The van der Waals surface area contributed by atoms with E-state index in [0.717, 1.165) is 26.2 Å². The number of carbonyl (C=O) groups excluding carboxylic acids is 2. The molecule has 6 nitrogen and oxygen atoms in total. The Morgan fingerprint density at radius 1 is 0.783 bits per heavy atom. The van der Waals surface area contributed by atoms with Crippen LogP contribution in [0.2, 0.25) is 0 Å². The summed E-state index contributed by atoms with van der Waals surface area (Å²) in [4.78, 5) is 26.3. The molecule has 0 unspecified atom stereocenters. The highest BCUT2D eigenvalue weighted by atomic mass is 16.5. The van der Waals surface area contributed by atoms with Crippen molar-refractivity contribution in [1.29, 1.82) is 0 Å². The van der Waals surface area contributed by atoms with Crippen LogP contribution in [-0.4, -0.2) is 64.4 Å². The Morgan fingerprint density at radius 3 is 1.48 bits per heavy atom. The summed E-state index contributed by atoms with van der Waals surface area (Å²) in [7, 11) is 0. The fourth-order valence-electron chi connectivity index (χ4n) is 3.21. The van der Waals surface area contributed by atoms with Crippen molar-refractivity contribution >= 4 is 11.9 Å². The van der Waals surface area contributed by atoms with E-state index in [1.54, 1.807) is 0 Å². The lowest BCUT2D eigenvalue weighted by molar-refractivity contribution is -0.879. The summed E-state index contributed by atoms with van der Waals surface area (Å²) in [6.07, 6.45) is 4.79. The summed E-state index contributed by atoms with van der Waals surface area (Å²) in [5.74, 6) is -0.300. The van der Waals surface area contributed by atoms with Gasteiger partial charge in [0, 0.05) is 31.1 Å². The minimum atomic E-state index is -0.341. The van der Waals surface area contributed by atoms with E-state index in [-0.39, 0.29) is 17.4 Å². The van der Waals surface area contributed by atoms with Gasteiger partial charge in [0.25, 0.3) is 0 Å². The van der Waals surface area contributed by atoms with Gasteiger partial charge in [-0.3, -0.25) is 0 Å². The second kappa shape index (κ2) is 8.64. The Balaban J connectivity index is 1.60. The topological polar surface area (TPSA) is 61.5 Å². The summed E-state index contributed by atoms with van der Waals surface area (Å²) >= 11 is 0. The van der Waals surface area contributed by atoms with Crippen molar-refractivity contribution in [3.05, 3.63) is 0 Å². The number of rotatable bonds is 8. The SMILES string of the molecule is CC(C)(COC(=O)C[NH+]1CCCC1)COC(=O)C[NH+]1CCCC1. The van der Waals surface area contributed by atoms with E-state index in [0.29, 0.717) is 26.3 Å². The van der Waals surface area contributed by atoms with Gasteiger partial charge in [0.2, 0.25) is 0 Å². The van der Waals surface area contributed by atoms with Crippen molar-refractivity contribution in [2.24, 2.45) is 5.41 Å². The molecule has 0 aromatic rings. The molecule has 2 saturated heterocycles. The number of ether oxygens (including phenoxy) is 2. The van der Waals surface area contributed by atoms with Crippen LogP contribution in [0.15, 0.2) is 0 Å². The number of nitrogens with one attached hydrogen (secondary N) is 2. The van der Waals surface area contributed by atoms with Gasteiger partial charge in [-0.2, -0.15) is 0 Å². The first-order chi connectivity index (χ1) is 10.9. The minimum Gasteiger partial charge on any atom is -0.461 e. The van der Waals surface area contributed by atoms with Crippen molar-refractivity contribution in [1.82, 2.24) is 0 Å². The average Bonchev–Trinajstić information content (AvgIpc) is 3.17. The molecule has 2 aliphatic heterocycles. The number of hydrogen-bond acceptors (Lipinski definition) is 4. The van der Waals surface area contributed by atoms with E-state index < -0.39 is 0 Å². The fraction of sp³-hybridized carbons (Fsp3) is 0.882. The van der Waals surface area contributed by atoms with Crippen molar-refractivity contribution in [3.8, 4) is 0 Å². The van der Waals surface area contributed by atoms with Crippen LogP contribution in [0.5, 0.6) is 0 Å². The zero-order valence-electron chi connectivity index (χ0n) is 14.6. The molecule has 132 valence electrons. The number of quaternary nitrogens is 2. The second-order valence-corrected chi connectivity index (χ2v) is 7.75. The third-order valence-electron chi connectivity index (χ3n) is 4.66. The van der Waals surface area contributed by atoms with Crippen LogP contribution < -0.4 is 9.80 Å². The third kappa shape index (κ3) is 6.87. The van der Waals surface area contributed by atoms with Gasteiger partial charge in [-0.1, -0.05) is 13.8 Å². The fourth-order valence-corrected chi connectivity index (χ4v) is 3.21. The first-order valence-corrected chi connectivity index (χ1v) is 8.93. The Bertz CT molecular complexity index is 363. The predicted molar refractivity (Wildman–Crippen MR) is 85.3 cm³/mol. The summed E-state index contributed by atoms with van der Waals surface area (Å²) in [5.41, 5.74) is -0.341. The van der Waals surface area contributed by atoms with Crippen molar-refractivity contribution in [2.75, 3.05) is 52.5 Å². The molecule has 0 aliphatic carbocycles. The molecule has 2 aliphatic rings. The normalized spacial score (nSPS) is 19.9. The van der Waals surface area contributed by atoms with Gasteiger partial charge in [0.05, 0.1) is 39.4 Å². The van der Waals surface area contributed by atoms with Crippen LogP contribution in [-0.2, 0) is 19.1 Å². The molecular formula is C17H32N2O4+2. The first-order valence-electron chi connectivity index (χ1n) is 8.93. The van der Waals surface area contributed by atoms with Crippen molar-refractivity contribution < 1.29 is 28.9 Å². The molecule has 6 heteroatoms. The van der Waals surface area contributed by atoms with Gasteiger partial charge in [0.1, 0.15) is 0 Å². The molecule has 0 aromatic carbocycles. The highest BCUT2D eigenvalue weighted by Crippen LogP contribution is 2.16. The van der Waals surface area contributed by atoms with Gasteiger partial charge in [-0.15, -0.1) is 0 Å².